The average molecular weight is 435 g/mol. The van der Waals surface area contributed by atoms with Crippen LogP contribution in [-0.2, 0) is 14.8 Å². The third-order valence-electron chi connectivity index (χ3n) is 4.94. The largest absolute Gasteiger partial charge is 0.352 e. The van der Waals surface area contributed by atoms with Gasteiger partial charge in [-0.05, 0) is 37.5 Å². The van der Waals surface area contributed by atoms with Crippen molar-refractivity contribution in [3.63, 3.8) is 0 Å². The second kappa shape index (κ2) is 9.99. The summed E-state index contributed by atoms with van der Waals surface area (Å²) >= 11 is 12.0. The van der Waals surface area contributed by atoms with Gasteiger partial charge < -0.3 is 5.32 Å². The maximum Gasteiger partial charge on any atom is 0.244 e. The van der Waals surface area contributed by atoms with Gasteiger partial charge in [-0.3, -0.25) is 9.10 Å². The van der Waals surface area contributed by atoms with E-state index in [1.54, 1.807) is 13.0 Å². The maximum absolute atomic E-state index is 13.0. The molecule has 0 aliphatic heterocycles. The predicted octanol–water partition coefficient (Wildman–Crippen LogP) is 4.77. The lowest BCUT2D eigenvalue weighted by Crippen LogP contribution is -2.51. The molecule has 1 fully saturated rings. The smallest absolute Gasteiger partial charge is 0.244 e. The first-order valence-corrected chi connectivity index (χ1v) is 12.1. The van der Waals surface area contributed by atoms with Crippen LogP contribution < -0.4 is 9.62 Å². The fraction of sp³-hybridized carbons (Fsp3) is 0.632. The van der Waals surface area contributed by atoms with Gasteiger partial charge in [-0.15, -0.1) is 0 Å². The number of benzene rings is 1. The Morgan fingerprint density at radius 3 is 2.26 bits per heavy atom. The summed E-state index contributed by atoms with van der Waals surface area (Å²) in [6, 6.07) is 3.86. The van der Waals surface area contributed by atoms with E-state index in [2.05, 4.69) is 5.32 Å². The second-order valence-electron chi connectivity index (χ2n) is 7.13. The fourth-order valence-electron chi connectivity index (χ4n) is 3.58. The summed E-state index contributed by atoms with van der Waals surface area (Å²) in [6.07, 6.45) is 9.12. The van der Waals surface area contributed by atoms with Crippen LogP contribution in [0.15, 0.2) is 18.2 Å². The molecule has 0 heterocycles. The molecule has 1 N–H and O–H groups in total. The zero-order chi connectivity index (χ0) is 20.0. The minimum absolute atomic E-state index is 0.0991. The summed E-state index contributed by atoms with van der Waals surface area (Å²) in [5.74, 6) is -0.264. The summed E-state index contributed by atoms with van der Waals surface area (Å²) < 4.78 is 26.1. The molecule has 1 aliphatic rings. The van der Waals surface area contributed by atoms with E-state index < -0.39 is 16.1 Å². The molecule has 1 saturated carbocycles. The molecule has 1 unspecified atom stereocenters. The maximum atomic E-state index is 13.0. The first-order valence-electron chi connectivity index (χ1n) is 9.49. The molecule has 8 heteroatoms. The topological polar surface area (TPSA) is 66.5 Å². The standard InChI is InChI=1S/C19H28Cl2N2O3S/c1-3-18(19(24)22-14-9-7-5-4-6-8-10-14)23(27(2,25)26)15-11-12-16(20)17(21)13-15/h11-14,18H,3-10H2,1-2H3,(H,22,24). The fourth-order valence-corrected chi connectivity index (χ4v) is 5.08. The summed E-state index contributed by atoms with van der Waals surface area (Å²) in [7, 11) is -3.69. The molecule has 0 spiro atoms. The summed E-state index contributed by atoms with van der Waals surface area (Å²) in [5, 5.41) is 3.66. The Morgan fingerprint density at radius 1 is 1.15 bits per heavy atom. The number of sulfonamides is 1. The Labute approximate surface area is 172 Å². The molecule has 152 valence electrons. The Morgan fingerprint density at radius 2 is 1.74 bits per heavy atom. The van der Waals surface area contributed by atoms with Crippen molar-refractivity contribution in [2.75, 3.05) is 10.6 Å². The Hall–Kier alpha value is -0.980. The molecule has 5 nitrogen and oxygen atoms in total. The van der Waals surface area contributed by atoms with Crippen molar-refractivity contribution >= 4 is 44.8 Å². The van der Waals surface area contributed by atoms with Gasteiger partial charge in [0.15, 0.2) is 0 Å². The summed E-state index contributed by atoms with van der Waals surface area (Å²) in [6.45, 7) is 1.80. The van der Waals surface area contributed by atoms with Gasteiger partial charge in [0.1, 0.15) is 6.04 Å². The minimum Gasteiger partial charge on any atom is -0.352 e. The number of anilines is 1. The first kappa shape index (κ1) is 22.3. The van der Waals surface area contributed by atoms with E-state index in [-0.39, 0.29) is 17.0 Å². The zero-order valence-corrected chi connectivity index (χ0v) is 18.2. The van der Waals surface area contributed by atoms with E-state index in [9.17, 15) is 13.2 Å². The minimum atomic E-state index is -3.69. The number of nitrogens with zero attached hydrogens (tertiary/aromatic N) is 1. The van der Waals surface area contributed by atoms with Gasteiger partial charge in [-0.2, -0.15) is 0 Å². The first-order chi connectivity index (χ1) is 12.7. The molecule has 1 aromatic rings. The van der Waals surface area contributed by atoms with Gasteiger partial charge in [0.25, 0.3) is 0 Å². The quantitative estimate of drug-likeness (QED) is 0.700. The Bertz CT molecular complexity index is 747. The summed E-state index contributed by atoms with van der Waals surface area (Å²) in [5.41, 5.74) is 0.339. The van der Waals surface area contributed by atoms with Crippen molar-refractivity contribution in [3.05, 3.63) is 28.2 Å². The van der Waals surface area contributed by atoms with Gasteiger partial charge in [0.2, 0.25) is 15.9 Å². The number of carbonyl (C=O) groups is 1. The Kier molecular flexibility index (Phi) is 8.25. The van der Waals surface area contributed by atoms with Crippen LogP contribution in [0.5, 0.6) is 0 Å². The highest BCUT2D eigenvalue weighted by atomic mass is 35.5. The summed E-state index contributed by atoms with van der Waals surface area (Å²) in [4.78, 5) is 13.0. The molecule has 1 amide bonds. The molecule has 1 aliphatic carbocycles. The number of nitrogens with one attached hydrogen (secondary N) is 1. The lowest BCUT2D eigenvalue weighted by Gasteiger charge is -2.32. The van der Waals surface area contributed by atoms with Crippen LogP contribution in [0.4, 0.5) is 5.69 Å². The molecule has 0 bridgehead atoms. The van der Waals surface area contributed by atoms with Crippen LogP contribution >= 0.6 is 23.2 Å². The lowest BCUT2D eigenvalue weighted by molar-refractivity contribution is -0.123. The van der Waals surface area contributed by atoms with Gasteiger partial charge >= 0.3 is 0 Å². The number of halogens is 2. The van der Waals surface area contributed by atoms with E-state index in [0.29, 0.717) is 17.1 Å². The van der Waals surface area contributed by atoms with Crippen LogP contribution in [0, 0.1) is 0 Å². The van der Waals surface area contributed by atoms with E-state index in [1.807, 2.05) is 0 Å². The van der Waals surface area contributed by atoms with E-state index in [4.69, 9.17) is 23.2 Å². The normalized spacial score (nSPS) is 17.6. The zero-order valence-electron chi connectivity index (χ0n) is 15.9. The molecular weight excluding hydrogens is 407 g/mol. The number of hydrogen-bond acceptors (Lipinski definition) is 3. The molecule has 0 aromatic heterocycles. The van der Waals surface area contributed by atoms with Crippen molar-refractivity contribution in [3.8, 4) is 0 Å². The Balaban J connectivity index is 2.25. The van der Waals surface area contributed by atoms with Crippen LogP contribution in [0.2, 0.25) is 10.0 Å². The molecule has 2 rings (SSSR count). The average Bonchev–Trinajstić information content (AvgIpc) is 2.56. The molecule has 1 aromatic carbocycles. The van der Waals surface area contributed by atoms with Crippen molar-refractivity contribution in [2.24, 2.45) is 0 Å². The van der Waals surface area contributed by atoms with Gasteiger partial charge in [-0.25, -0.2) is 8.42 Å². The van der Waals surface area contributed by atoms with Crippen LogP contribution in [0.3, 0.4) is 0 Å². The molecule has 0 radical (unpaired) electrons. The lowest BCUT2D eigenvalue weighted by atomic mass is 9.96. The van der Waals surface area contributed by atoms with Crippen molar-refractivity contribution in [1.29, 1.82) is 0 Å². The molecular formula is C19H28Cl2N2O3S. The van der Waals surface area contributed by atoms with Gasteiger partial charge in [0, 0.05) is 6.04 Å². The monoisotopic (exact) mass is 434 g/mol. The van der Waals surface area contributed by atoms with Crippen LogP contribution in [-0.4, -0.2) is 32.7 Å². The van der Waals surface area contributed by atoms with Gasteiger partial charge in [0.05, 0.1) is 22.0 Å². The molecule has 27 heavy (non-hydrogen) atoms. The highest BCUT2D eigenvalue weighted by Crippen LogP contribution is 2.30. The van der Waals surface area contributed by atoms with Crippen molar-refractivity contribution < 1.29 is 13.2 Å². The second-order valence-corrected chi connectivity index (χ2v) is 9.81. The highest BCUT2D eigenvalue weighted by Gasteiger charge is 2.32. The van der Waals surface area contributed by atoms with Crippen LogP contribution in [0.25, 0.3) is 0 Å². The van der Waals surface area contributed by atoms with E-state index in [0.717, 1.165) is 36.2 Å². The highest BCUT2D eigenvalue weighted by molar-refractivity contribution is 7.92. The van der Waals surface area contributed by atoms with Crippen molar-refractivity contribution in [1.82, 2.24) is 5.32 Å². The number of rotatable bonds is 6. The van der Waals surface area contributed by atoms with Gasteiger partial charge in [-0.1, -0.05) is 62.2 Å². The third-order valence-corrected chi connectivity index (χ3v) is 6.86. The van der Waals surface area contributed by atoms with Crippen LogP contribution in [0.1, 0.15) is 58.3 Å². The number of carbonyl (C=O) groups excluding carboxylic acids is 1. The van der Waals surface area contributed by atoms with E-state index >= 15 is 0 Å². The molecule has 1 atom stereocenters. The number of hydrogen-bond donors (Lipinski definition) is 1. The predicted molar refractivity (Wildman–Crippen MR) is 112 cm³/mol. The third kappa shape index (κ3) is 6.26. The van der Waals surface area contributed by atoms with E-state index in [1.165, 1.54) is 31.4 Å². The SMILES string of the molecule is CCC(C(=O)NC1CCCCCCC1)N(c1ccc(Cl)c(Cl)c1)S(C)(=O)=O. The van der Waals surface area contributed by atoms with Crippen molar-refractivity contribution in [2.45, 2.75) is 70.4 Å². The molecule has 0 saturated heterocycles. The number of amides is 1.